The predicted molar refractivity (Wildman–Crippen MR) is 72.0 cm³/mol. The van der Waals surface area contributed by atoms with Gasteiger partial charge in [0, 0.05) is 24.1 Å². The minimum absolute atomic E-state index is 0.149. The molecule has 96 valence electrons. The molecular weight excluding hydrogens is 243 g/mol. The fourth-order valence-corrected chi connectivity index (χ4v) is 2.30. The first-order valence-corrected chi connectivity index (χ1v) is 6.01. The zero-order valence-electron chi connectivity index (χ0n) is 10.5. The van der Waals surface area contributed by atoms with Crippen molar-refractivity contribution in [2.75, 3.05) is 0 Å². The molecule has 3 nitrogen and oxygen atoms in total. The zero-order valence-corrected chi connectivity index (χ0v) is 10.5. The van der Waals surface area contributed by atoms with Crippen LogP contribution in [0.1, 0.15) is 5.56 Å². The number of aliphatic hydroxyl groups is 1. The van der Waals surface area contributed by atoms with Crippen LogP contribution in [0.15, 0.2) is 42.6 Å². The van der Waals surface area contributed by atoms with Gasteiger partial charge in [-0.1, -0.05) is 18.2 Å². The molecule has 1 aromatic carbocycles. The first-order chi connectivity index (χ1) is 9.20. The number of rotatable bonds is 2. The van der Waals surface area contributed by atoms with Gasteiger partial charge in [0.2, 0.25) is 5.95 Å². The number of fused-ring (bicyclic) bond motifs is 1. The standard InChI is InChI=1S/C15H13FN2O/c1-18-13-5-3-2-4-11(13)7-14(18)12-6-10(9-19)8-17-15(12)16/h2-8,19H,9H2,1H3. The molecule has 0 saturated heterocycles. The van der Waals surface area contributed by atoms with E-state index in [0.717, 1.165) is 16.6 Å². The lowest BCUT2D eigenvalue weighted by Gasteiger charge is -2.06. The Kier molecular flexibility index (Phi) is 2.80. The van der Waals surface area contributed by atoms with E-state index in [1.807, 2.05) is 41.9 Å². The molecule has 0 bridgehead atoms. The number of hydrogen-bond donors (Lipinski definition) is 1. The van der Waals surface area contributed by atoms with Gasteiger partial charge in [0.15, 0.2) is 0 Å². The van der Waals surface area contributed by atoms with Crippen molar-refractivity contribution in [1.82, 2.24) is 9.55 Å². The average molecular weight is 256 g/mol. The molecule has 0 amide bonds. The summed E-state index contributed by atoms with van der Waals surface area (Å²) in [7, 11) is 1.89. The van der Waals surface area contributed by atoms with Gasteiger partial charge in [0.25, 0.3) is 0 Å². The van der Waals surface area contributed by atoms with Crippen LogP contribution in [0.25, 0.3) is 22.2 Å². The Bertz CT molecular complexity index is 749. The minimum atomic E-state index is -0.525. The van der Waals surface area contributed by atoms with Crippen LogP contribution in [0.5, 0.6) is 0 Å². The Morgan fingerprint density at radius 3 is 2.79 bits per heavy atom. The fourth-order valence-electron chi connectivity index (χ4n) is 2.30. The Labute approximate surface area is 109 Å². The van der Waals surface area contributed by atoms with E-state index in [1.54, 1.807) is 6.07 Å². The second-order valence-electron chi connectivity index (χ2n) is 4.49. The Hall–Kier alpha value is -2.20. The van der Waals surface area contributed by atoms with E-state index >= 15 is 0 Å². The van der Waals surface area contributed by atoms with E-state index in [2.05, 4.69) is 4.98 Å². The van der Waals surface area contributed by atoms with Gasteiger partial charge in [0.05, 0.1) is 17.9 Å². The number of aryl methyl sites for hydroxylation is 1. The summed E-state index contributed by atoms with van der Waals surface area (Å²) >= 11 is 0. The van der Waals surface area contributed by atoms with Gasteiger partial charge in [0.1, 0.15) is 0 Å². The average Bonchev–Trinajstić information content (AvgIpc) is 2.77. The van der Waals surface area contributed by atoms with Crippen molar-refractivity contribution < 1.29 is 9.50 Å². The van der Waals surface area contributed by atoms with Crippen LogP contribution < -0.4 is 0 Å². The second-order valence-corrected chi connectivity index (χ2v) is 4.49. The van der Waals surface area contributed by atoms with Crippen molar-refractivity contribution in [3.8, 4) is 11.3 Å². The van der Waals surface area contributed by atoms with Gasteiger partial charge in [-0.15, -0.1) is 0 Å². The van der Waals surface area contributed by atoms with Gasteiger partial charge >= 0.3 is 0 Å². The molecule has 19 heavy (non-hydrogen) atoms. The Morgan fingerprint density at radius 2 is 2.05 bits per heavy atom. The Morgan fingerprint density at radius 1 is 1.26 bits per heavy atom. The van der Waals surface area contributed by atoms with Crippen molar-refractivity contribution in [2.45, 2.75) is 6.61 Å². The van der Waals surface area contributed by atoms with E-state index in [0.29, 0.717) is 11.1 Å². The van der Waals surface area contributed by atoms with Gasteiger partial charge in [-0.2, -0.15) is 4.39 Å². The van der Waals surface area contributed by atoms with Crippen molar-refractivity contribution in [3.63, 3.8) is 0 Å². The number of benzene rings is 1. The Balaban J connectivity index is 2.27. The SMILES string of the molecule is Cn1c(-c2cc(CO)cnc2F)cc2ccccc21. The molecular formula is C15H13FN2O. The van der Waals surface area contributed by atoms with Crippen LogP contribution in [0.4, 0.5) is 4.39 Å². The number of aliphatic hydroxyl groups excluding tert-OH is 1. The first-order valence-electron chi connectivity index (χ1n) is 6.01. The molecule has 0 radical (unpaired) electrons. The lowest BCUT2D eigenvalue weighted by atomic mass is 10.1. The van der Waals surface area contributed by atoms with Gasteiger partial charge in [-0.25, -0.2) is 4.98 Å². The number of pyridine rings is 1. The predicted octanol–water partition coefficient (Wildman–Crippen LogP) is 2.87. The lowest BCUT2D eigenvalue weighted by molar-refractivity contribution is 0.281. The highest BCUT2D eigenvalue weighted by Crippen LogP contribution is 2.28. The lowest BCUT2D eigenvalue weighted by Crippen LogP contribution is -1.97. The zero-order chi connectivity index (χ0) is 13.4. The highest BCUT2D eigenvalue weighted by molar-refractivity contribution is 5.86. The summed E-state index contributed by atoms with van der Waals surface area (Å²) in [5.74, 6) is -0.525. The third kappa shape index (κ3) is 1.90. The molecule has 0 atom stereocenters. The molecule has 3 aromatic rings. The van der Waals surface area contributed by atoms with Crippen LogP contribution in [0, 0.1) is 5.95 Å². The van der Waals surface area contributed by atoms with Crippen molar-refractivity contribution >= 4 is 10.9 Å². The summed E-state index contributed by atoms with van der Waals surface area (Å²) in [6.45, 7) is -0.149. The molecule has 0 saturated carbocycles. The molecule has 2 aromatic heterocycles. The normalized spacial score (nSPS) is 11.1. The minimum Gasteiger partial charge on any atom is -0.392 e. The van der Waals surface area contributed by atoms with E-state index < -0.39 is 5.95 Å². The van der Waals surface area contributed by atoms with E-state index in [9.17, 15) is 4.39 Å². The van der Waals surface area contributed by atoms with Gasteiger partial charge in [-0.3, -0.25) is 0 Å². The summed E-state index contributed by atoms with van der Waals surface area (Å²) in [6.07, 6.45) is 1.35. The summed E-state index contributed by atoms with van der Waals surface area (Å²) in [5, 5.41) is 10.2. The molecule has 1 N–H and O–H groups in total. The molecule has 0 aliphatic carbocycles. The van der Waals surface area contributed by atoms with E-state index in [4.69, 9.17) is 5.11 Å². The van der Waals surface area contributed by atoms with Crippen molar-refractivity contribution in [3.05, 3.63) is 54.1 Å². The summed E-state index contributed by atoms with van der Waals surface area (Å²) in [5.41, 5.74) is 2.79. The highest BCUT2D eigenvalue weighted by Gasteiger charge is 2.13. The third-order valence-electron chi connectivity index (χ3n) is 3.31. The van der Waals surface area contributed by atoms with Gasteiger partial charge in [-0.05, 0) is 23.8 Å². The maximum absolute atomic E-state index is 13.9. The molecule has 0 aliphatic rings. The number of halogens is 1. The molecule has 0 fully saturated rings. The maximum Gasteiger partial charge on any atom is 0.222 e. The van der Waals surface area contributed by atoms with Crippen LogP contribution in [0.3, 0.4) is 0 Å². The second kappa shape index (κ2) is 4.48. The highest BCUT2D eigenvalue weighted by atomic mass is 19.1. The van der Waals surface area contributed by atoms with Crippen LogP contribution >= 0.6 is 0 Å². The first kappa shape index (κ1) is 11.9. The molecule has 0 spiro atoms. The summed E-state index contributed by atoms with van der Waals surface area (Å²) in [4.78, 5) is 3.70. The maximum atomic E-state index is 13.9. The van der Waals surface area contributed by atoms with Crippen LogP contribution in [-0.2, 0) is 13.7 Å². The molecule has 0 aliphatic heterocycles. The fraction of sp³-hybridized carbons (Fsp3) is 0.133. The molecule has 4 heteroatoms. The summed E-state index contributed by atoms with van der Waals surface area (Å²) < 4.78 is 15.8. The molecule has 0 unspecified atom stereocenters. The quantitative estimate of drug-likeness (QED) is 0.716. The van der Waals surface area contributed by atoms with E-state index in [1.165, 1.54) is 6.20 Å². The topological polar surface area (TPSA) is 38.0 Å². The van der Waals surface area contributed by atoms with Crippen LogP contribution in [0.2, 0.25) is 0 Å². The summed E-state index contributed by atoms with van der Waals surface area (Å²) in [6, 6.07) is 11.4. The van der Waals surface area contributed by atoms with Gasteiger partial charge < -0.3 is 9.67 Å². The van der Waals surface area contributed by atoms with E-state index in [-0.39, 0.29) is 6.61 Å². The monoisotopic (exact) mass is 256 g/mol. The third-order valence-corrected chi connectivity index (χ3v) is 3.31. The van der Waals surface area contributed by atoms with Crippen molar-refractivity contribution in [1.29, 1.82) is 0 Å². The molecule has 3 rings (SSSR count). The number of para-hydroxylation sites is 1. The van der Waals surface area contributed by atoms with Crippen LogP contribution in [-0.4, -0.2) is 14.7 Å². The smallest absolute Gasteiger partial charge is 0.222 e. The largest absolute Gasteiger partial charge is 0.392 e. The number of aromatic nitrogens is 2. The molecule has 2 heterocycles. The number of hydrogen-bond acceptors (Lipinski definition) is 2. The van der Waals surface area contributed by atoms with Crippen molar-refractivity contribution in [2.24, 2.45) is 7.05 Å². The number of nitrogens with zero attached hydrogens (tertiary/aromatic N) is 2.